The maximum absolute atomic E-state index is 13.1. The number of hydrazine groups is 2. The zero-order valence-electron chi connectivity index (χ0n) is 27.3. The molecule has 2 atom stereocenters. The van der Waals surface area contributed by atoms with Crippen LogP contribution in [0.3, 0.4) is 0 Å². The second-order valence-electron chi connectivity index (χ2n) is 12.4. The van der Waals surface area contributed by atoms with E-state index in [2.05, 4.69) is 94.4 Å². The molecule has 0 spiro atoms. The number of fused-ring (bicyclic) bond motifs is 3. The first kappa shape index (κ1) is 32.1. The van der Waals surface area contributed by atoms with Crippen molar-refractivity contribution in [3.05, 3.63) is 86.1 Å². The van der Waals surface area contributed by atoms with Crippen LogP contribution in [0.25, 0.3) is 10.1 Å². The van der Waals surface area contributed by atoms with Gasteiger partial charge in [-0.25, -0.2) is 0 Å². The van der Waals surface area contributed by atoms with Gasteiger partial charge in [-0.3, -0.25) is 19.5 Å². The number of nitrogens with zero attached hydrogens (tertiary/aromatic N) is 3. The van der Waals surface area contributed by atoms with Crippen LogP contribution in [-0.4, -0.2) is 67.2 Å². The first-order valence-electron chi connectivity index (χ1n) is 16.1. The number of aromatic amines is 1. The standard InChI is InChI=1S/C35H44N6O4S/c1-6-26-20-40(21-29-31(45-26)10-11-32(42)36-29)19-25-17-24(16-23-12-15-46-35(23)25)28(18-33(43)44-7-2)27-8-9-30-34(22(27)3)37-38-41(30)14-13-39(4)5/h8-12,15-17,26,28,37-38H,6-7,13-14,18-21H2,1-5H3,(H,36,42)/t26-,28-/m1/s1. The van der Waals surface area contributed by atoms with Gasteiger partial charge in [-0.15, -0.1) is 16.9 Å². The summed E-state index contributed by atoms with van der Waals surface area (Å²) < 4.78 is 13.0. The van der Waals surface area contributed by atoms with Crippen molar-refractivity contribution in [2.75, 3.05) is 50.8 Å². The Morgan fingerprint density at radius 3 is 2.80 bits per heavy atom. The number of H-pyrrole nitrogens is 1. The highest BCUT2D eigenvalue weighted by atomic mass is 32.1. The fraction of sp³-hybridized carbons (Fsp3) is 0.429. The number of hydrogen-bond donors (Lipinski definition) is 3. The second kappa shape index (κ2) is 13.8. The molecule has 0 bridgehead atoms. The fourth-order valence-electron chi connectivity index (χ4n) is 6.53. The normalized spacial score (nSPS) is 16.9. The molecule has 2 aromatic carbocycles. The van der Waals surface area contributed by atoms with Gasteiger partial charge >= 0.3 is 5.97 Å². The zero-order valence-corrected chi connectivity index (χ0v) is 28.1. The van der Waals surface area contributed by atoms with E-state index < -0.39 is 0 Å². The van der Waals surface area contributed by atoms with Crippen molar-refractivity contribution in [2.45, 2.75) is 58.7 Å². The molecule has 244 valence electrons. The SMILES string of the molecule is CCOC(=O)C[C@H](c1cc(CN2Cc3[nH]c(=O)ccc3O[C@H](CC)C2)c2sccc2c1)c1ccc2c(c1C)NNN2CCN(C)C. The van der Waals surface area contributed by atoms with Gasteiger partial charge in [0.2, 0.25) is 5.56 Å². The Kier molecular flexibility index (Phi) is 9.65. The molecular formula is C35H44N6O4S. The molecular weight excluding hydrogens is 600 g/mol. The molecule has 6 rings (SSSR count). The molecule has 11 heteroatoms. The Bertz CT molecular complexity index is 1770. The van der Waals surface area contributed by atoms with Gasteiger partial charge < -0.3 is 24.8 Å². The lowest BCUT2D eigenvalue weighted by Gasteiger charge is -2.25. The average molecular weight is 645 g/mol. The maximum atomic E-state index is 13.1. The summed E-state index contributed by atoms with van der Waals surface area (Å²) >= 11 is 1.73. The Labute approximate surface area is 274 Å². The Morgan fingerprint density at radius 1 is 1.17 bits per heavy atom. The van der Waals surface area contributed by atoms with Crippen molar-refractivity contribution >= 4 is 38.8 Å². The number of nitrogens with one attached hydrogen (secondary N) is 3. The number of hydrogen-bond acceptors (Lipinski definition) is 10. The highest BCUT2D eigenvalue weighted by molar-refractivity contribution is 7.17. The number of aromatic nitrogens is 1. The summed E-state index contributed by atoms with van der Waals surface area (Å²) in [6, 6.07) is 14.3. The van der Waals surface area contributed by atoms with Crippen LogP contribution in [0.5, 0.6) is 5.75 Å². The van der Waals surface area contributed by atoms with E-state index in [9.17, 15) is 9.59 Å². The van der Waals surface area contributed by atoms with Crippen molar-refractivity contribution in [2.24, 2.45) is 0 Å². The first-order valence-corrected chi connectivity index (χ1v) is 17.0. The highest BCUT2D eigenvalue weighted by Gasteiger charge is 2.29. The van der Waals surface area contributed by atoms with Crippen molar-refractivity contribution in [1.29, 1.82) is 0 Å². The molecule has 0 radical (unpaired) electrons. The number of pyridine rings is 1. The van der Waals surface area contributed by atoms with E-state index in [4.69, 9.17) is 9.47 Å². The van der Waals surface area contributed by atoms with Gasteiger partial charge in [-0.05, 0) is 91.6 Å². The fourth-order valence-corrected chi connectivity index (χ4v) is 7.42. The van der Waals surface area contributed by atoms with Crippen molar-refractivity contribution < 1.29 is 14.3 Å². The molecule has 46 heavy (non-hydrogen) atoms. The third-order valence-corrected chi connectivity index (χ3v) is 9.92. The summed E-state index contributed by atoms with van der Waals surface area (Å²) in [5.74, 6) is 0.334. The topological polar surface area (TPSA) is 102 Å². The van der Waals surface area contributed by atoms with E-state index >= 15 is 0 Å². The van der Waals surface area contributed by atoms with Crippen molar-refractivity contribution in [3.8, 4) is 5.75 Å². The third-order valence-electron chi connectivity index (χ3n) is 8.91. The minimum atomic E-state index is -0.214. The monoisotopic (exact) mass is 644 g/mol. The predicted octanol–water partition coefficient (Wildman–Crippen LogP) is 5.37. The number of likely N-dealkylation sites (N-methyl/N-ethyl adjacent to an activating group) is 1. The van der Waals surface area contributed by atoms with E-state index in [-0.39, 0.29) is 30.0 Å². The number of carbonyl (C=O) groups excluding carboxylic acids is 1. The van der Waals surface area contributed by atoms with Crippen LogP contribution in [0.15, 0.2) is 52.6 Å². The van der Waals surface area contributed by atoms with Gasteiger partial charge in [0.15, 0.2) is 0 Å². The molecule has 0 saturated heterocycles. The van der Waals surface area contributed by atoms with Crippen LogP contribution in [0.4, 0.5) is 11.4 Å². The van der Waals surface area contributed by atoms with Gasteiger partial charge in [0, 0.05) is 49.4 Å². The first-order chi connectivity index (χ1) is 22.2. The zero-order chi connectivity index (χ0) is 32.4. The minimum Gasteiger partial charge on any atom is -0.487 e. The summed E-state index contributed by atoms with van der Waals surface area (Å²) in [5, 5.41) is 5.41. The molecule has 4 heterocycles. The Morgan fingerprint density at radius 2 is 2.02 bits per heavy atom. The van der Waals surface area contributed by atoms with Gasteiger partial charge in [0.1, 0.15) is 11.9 Å². The molecule has 4 aromatic rings. The van der Waals surface area contributed by atoms with Crippen molar-refractivity contribution in [3.63, 3.8) is 0 Å². The van der Waals surface area contributed by atoms with Gasteiger partial charge in [0.05, 0.1) is 30.1 Å². The third kappa shape index (κ3) is 6.78. The van der Waals surface area contributed by atoms with Crippen LogP contribution in [0.2, 0.25) is 0 Å². The van der Waals surface area contributed by atoms with Crippen LogP contribution in [0.1, 0.15) is 60.6 Å². The molecule has 2 aliphatic rings. The Balaban J connectivity index is 1.38. The van der Waals surface area contributed by atoms with E-state index in [0.29, 0.717) is 19.7 Å². The molecule has 2 aliphatic heterocycles. The highest BCUT2D eigenvalue weighted by Crippen LogP contribution is 2.41. The molecule has 0 aliphatic carbocycles. The quantitative estimate of drug-likeness (QED) is 0.186. The number of rotatable bonds is 11. The number of thiophene rings is 1. The van der Waals surface area contributed by atoms with Gasteiger partial charge in [0.25, 0.3) is 0 Å². The average Bonchev–Trinajstić information content (AvgIpc) is 3.63. The molecule has 3 N–H and O–H groups in total. The molecule has 0 fully saturated rings. The lowest BCUT2D eigenvalue weighted by Crippen LogP contribution is -2.40. The number of carbonyl (C=O) groups is 1. The van der Waals surface area contributed by atoms with Gasteiger partial charge in [-0.2, -0.15) is 0 Å². The second-order valence-corrected chi connectivity index (χ2v) is 13.3. The number of benzene rings is 2. The van der Waals surface area contributed by atoms with E-state index in [1.165, 1.54) is 16.3 Å². The van der Waals surface area contributed by atoms with E-state index in [1.807, 2.05) is 6.92 Å². The van der Waals surface area contributed by atoms with E-state index in [1.54, 1.807) is 17.4 Å². The summed E-state index contributed by atoms with van der Waals surface area (Å²) in [5.41, 5.74) is 14.0. The molecule has 10 nitrogen and oxygen atoms in total. The Hall–Kier alpha value is -3.90. The smallest absolute Gasteiger partial charge is 0.306 e. The summed E-state index contributed by atoms with van der Waals surface area (Å²) in [6.07, 6.45) is 1.11. The summed E-state index contributed by atoms with van der Waals surface area (Å²) in [6.45, 7) is 10.2. The van der Waals surface area contributed by atoms with Crippen LogP contribution < -0.4 is 26.3 Å². The number of esters is 1. The lowest BCUT2D eigenvalue weighted by atomic mass is 9.84. The molecule has 0 saturated carbocycles. The lowest BCUT2D eigenvalue weighted by molar-refractivity contribution is -0.143. The molecule has 2 aromatic heterocycles. The van der Waals surface area contributed by atoms with Crippen LogP contribution in [-0.2, 0) is 22.6 Å². The van der Waals surface area contributed by atoms with Crippen molar-refractivity contribution in [1.82, 2.24) is 20.3 Å². The van der Waals surface area contributed by atoms with Crippen LogP contribution >= 0.6 is 11.3 Å². The minimum absolute atomic E-state index is 0.0122. The number of anilines is 2. The largest absolute Gasteiger partial charge is 0.487 e. The predicted molar refractivity (Wildman–Crippen MR) is 185 cm³/mol. The number of ether oxygens (including phenoxy) is 2. The maximum Gasteiger partial charge on any atom is 0.306 e. The summed E-state index contributed by atoms with van der Waals surface area (Å²) in [7, 11) is 4.14. The molecule has 0 amide bonds. The summed E-state index contributed by atoms with van der Waals surface area (Å²) in [4.78, 5) is 32.8. The van der Waals surface area contributed by atoms with Gasteiger partial charge in [-0.1, -0.05) is 19.1 Å². The van der Waals surface area contributed by atoms with E-state index in [0.717, 1.165) is 70.9 Å². The van der Waals surface area contributed by atoms with Crippen LogP contribution in [0, 0.1) is 6.92 Å². The molecule has 0 unspecified atom stereocenters.